The van der Waals surface area contributed by atoms with Crippen LogP contribution < -0.4 is 4.74 Å². The van der Waals surface area contributed by atoms with E-state index in [1.807, 2.05) is 24.3 Å². The second-order valence-corrected chi connectivity index (χ2v) is 5.58. The van der Waals surface area contributed by atoms with Crippen LogP contribution in [0.5, 0.6) is 5.75 Å². The second-order valence-electron chi connectivity index (χ2n) is 5.58. The number of aliphatic hydroxyl groups is 1. The molecule has 122 valence electrons. The molecule has 0 aromatic heterocycles. The fourth-order valence-electron chi connectivity index (χ4n) is 2.65. The van der Waals surface area contributed by atoms with Gasteiger partial charge < -0.3 is 19.3 Å². The highest BCUT2D eigenvalue weighted by atomic mass is 16.6. The molecule has 0 saturated heterocycles. The molecule has 0 heterocycles. The van der Waals surface area contributed by atoms with Gasteiger partial charge in [0.25, 0.3) is 0 Å². The Bertz CT molecular complexity index is 476. The summed E-state index contributed by atoms with van der Waals surface area (Å²) >= 11 is 0. The quantitative estimate of drug-likeness (QED) is 0.619. The molecule has 1 aliphatic carbocycles. The molecular weight excluding hydrogens is 284 g/mol. The van der Waals surface area contributed by atoms with Gasteiger partial charge in [0.05, 0.1) is 6.61 Å². The molecule has 5 heteroatoms. The summed E-state index contributed by atoms with van der Waals surface area (Å²) in [4.78, 5) is 11.7. The number of carbonyl (C=O) groups excluding carboxylic acids is 1. The van der Waals surface area contributed by atoms with Gasteiger partial charge >= 0.3 is 5.97 Å². The third-order valence-corrected chi connectivity index (χ3v) is 3.87. The van der Waals surface area contributed by atoms with Crippen LogP contribution in [0, 0.1) is 0 Å². The molecule has 0 aliphatic heterocycles. The molecule has 0 spiro atoms. The van der Waals surface area contributed by atoms with Crippen LogP contribution in [0.4, 0.5) is 0 Å². The first kappa shape index (κ1) is 16.8. The van der Waals surface area contributed by atoms with Crippen molar-refractivity contribution in [3.8, 4) is 5.75 Å². The molecule has 1 N–H and O–H groups in total. The smallest absolute Gasteiger partial charge is 0.335 e. The summed E-state index contributed by atoms with van der Waals surface area (Å²) in [6.07, 6.45) is 3.16. The van der Waals surface area contributed by atoms with Crippen LogP contribution in [-0.4, -0.2) is 36.7 Å². The van der Waals surface area contributed by atoms with Crippen LogP contribution >= 0.6 is 0 Å². The average molecular weight is 308 g/mol. The maximum atomic E-state index is 11.7. The molecule has 1 aliphatic rings. The summed E-state index contributed by atoms with van der Waals surface area (Å²) in [5, 5.41) is 10.2. The van der Waals surface area contributed by atoms with Crippen LogP contribution in [0.15, 0.2) is 24.3 Å². The van der Waals surface area contributed by atoms with Crippen molar-refractivity contribution < 1.29 is 24.1 Å². The normalized spacial score (nSPS) is 18.0. The van der Waals surface area contributed by atoms with E-state index in [9.17, 15) is 9.90 Å². The average Bonchev–Trinajstić information content (AvgIpc) is 2.93. The minimum atomic E-state index is -1.03. The number of carbonyl (C=O) groups is 1. The lowest BCUT2D eigenvalue weighted by molar-refractivity contribution is -0.154. The number of rotatable bonds is 7. The number of hydrogen-bond acceptors (Lipinski definition) is 5. The lowest BCUT2D eigenvalue weighted by atomic mass is 10.1. The van der Waals surface area contributed by atoms with Gasteiger partial charge in [-0.15, -0.1) is 0 Å². The predicted molar refractivity (Wildman–Crippen MR) is 81.6 cm³/mol. The first-order valence-corrected chi connectivity index (χ1v) is 7.76. The number of esters is 1. The maximum absolute atomic E-state index is 11.7. The van der Waals surface area contributed by atoms with Crippen LogP contribution in [0.25, 0.3) is 0 Å². The number of ether oxygens (including phenoxy) is 3. The zero-order valence-electron chi connectivity index (χ0n) is 13.2. The van der Waals surface area contributed by atoms with Gasteiger partial charge in [0.2, 0.25) is 5.79 Å². The topological polar surface area (TPSA) is 65.0 Å². The number of benzene rings is 1. The van der Waals surface area contributed by atoms with Crippen LogP contribution in [-0.2, 0) is 20.7 Å². The van der Waals surface area contributed by atoms with Crippen molar-refractivity contribution in [2.75, 3.05) is 13.7 Å². The fourth-order valence-corrected chi connectivity index (χ4v) is 2.65. The highest BCUT2D eigenvalue weighted by Gasteiger charge is 2.33. The van der Waals surface area contributed by atoms with Gasteiger partial charge in [0.1, 0.15) is 5.75 Å². The summed E-state index contributed by atoms with van der Waals surface area (Å²) in [6.45, 7) is 2.11. The van der Waals surface area contributed by atoms with Crippen molar-refractivity contribution in [2.24, 2.45) is 0 Å². The van der Waals surface area contributed by atoms with E-state index in [0.717, 1.165) is 18.4 Å². The molecule has 1 aromatic carbocycles. The third-order valence-electron chi connectivity index (χ3n) is 3.87. The first-order valence-electron chi connectivity index (χ1n) is 7.76. The van der Waals surface area contributed by atoms with Crippen molar-refractivity contribution in [1.29, 1.82) is 0 Å². The largest absolute Gasteiger partial charge is 0.464 e. The summed E-state index contributed by atoms with van der Waals surface area (Å²) < 4.78 is 15.8. The first-order chi connectivity index (χ1) is 10.6. The summed E-state index contributed by atoms with van der Waals surface area (Å²) in [5.41, 5.74) is 0.950. The molecule has 5 nitrogen and oxygen atoms in total. The Morgan fingerprint density at radius 3 is 2.45 bits per heavy atom. The maximum Gasteiger partial charge on any atom is 0.335 e. The Labute approximate surface area is 131 Å². The van der Waals surface area contributed by atoms with Gasteiger partial charge in [-0.2, -0.15) is 0 Å². The van der Waals surface area contributed by atoms with Gasteiger partial charge in [-0.1, -0.05) is 12.1 Å². The summed E-state index contributed by atoms with van der Waals surface area (Å²) in [7, 11) is 1.49. The fraction of sp³-hybridized carbons (Fsp3) is 0.588. The van der Waals surface area contributed by atoms with Crippen LogP contribution in [0.1, 0.15) is 38.2 Å². The molecule has 1 fully saturated rings. The number of methoxy groups -OCH3 is 1. The van der Waals surface area contributed by atoms with Crippen molar-refractivity contribution in [3.05, 3.63) is 29.8 Å². The lowest BCUT2D eigenvalue weighted by Crippen LogP contribution is -2.31. The zero-order chi connectivity index (χ0) is 16.0. The van der Waals surface area contributed by atoms with Crippen molar-refractivity contribution in [3.63, 3.8) is 0 Å². The molecule has 2 rings (SSSR count). The van der Waals surface area contributed by atoms with Crippen LogP contribution in [0.3, 0.4) is 0 Å². The highest BCUT2D eigenvalue weighted by Crippen LogP contribution is 2.32. The predicted octanol–water partition coefficient (Wildman–Crippen LogP) is 2.45. The van der Waals surface area contributed by atoms with E-state index in [0.29, 0.717) is 31.6 Å². The van der Waals surface area contributed by atoms with E-state index < -0.39 is 11.9 Å². The standard InChI is InChI=1S/C17H24O5/c1-3-21-16(18)15(20-2)12-13-6-8-14(9-7-13)22-17(19)10-4-5-11-17/h6-9,15,19H,3-5,10-12H2,1-2H3. The van der Waals surface area contributed by atoms with E-state index in [1.165, 1.54) is 7.11 Å². The Morgan fingerprint density at radius 1 is 1.27 bits per heavy atom. The van der Waals surface area contributed by atoms with Crippen molar-refractivity contribution in [1.82, 2.24) is 0 Å². The van der Waals surface area contributed by atoms with Gasteiger partial charge in [-0.25, -0.2) is 4.79 Å². The summed E-state index contributed by atoms with van der Waals surface area (Å²) in [6, 6.07) is 7.37. The highest BCUT2D eigenvalue weighted by molar-refractivity contribution is 5.75. The Balaban J connectivity index is 1.94. The molecule has 0 radical (unpaired) electrons. The molecular formula is C17H24O5. The molecule has 22 heavy (non-hydrogen) atoms. The van der Waals surface area contributed by atoms with E-state index in [4.69, 9.17) is 14.2 Å². The van der Waals surface area contributed by atoms with E-state index in [-0.39, 0.29) is 5.97 Å². The Hall–Kier alpha value is -1.59. The Morgan fingerprint density at radius 2 is 1.91 bits per heavy atom. The molecule has 1 saturated carbocycles. The van der Waals surface area contributed by atoms with Gasteiger partial charge in [0.15, 0.2) is 6.10 Å². The van der Waals surface area contributed by atoms with E-state index >= 15 is 0 Å². The third kappa shape index (κ3) is 4.45. The molecule has 1 aromatic rings. The van der Waals surface area contributed by atoms with Gasteiger partial charge in [-0.05, 0) is 37.5 Å². The van der Waals surface area contributed by atoms with Crippen molar-refractivity contribution >= 4 is 5.97 Å². The van der Waals surface area contributed by atoms with Gasteiger partial charge in [0, 0.05) is 26.4 Å². The van der Waals surface area contributed by atoms with E-state index in [1.54, 1.807) is 6.92 Å². The number of hydrogen-bond donors (Lipinski definition) is 1. The minimum absolute atomic E-state index is 0.337. The molecule has 1 unspecified atom stereocenters. The van der Waals surface area contributed by atoms with Gasteiger partial charge in [-0.3, -0.25) is 0 Å². The zero-order valence-corrected chi connectivity index (χ0v) is 13.2. The van der Waals surface area contributed by atoms with E-state index in [2.05, 4.69) is 0 Å². The van der Waals surface area contributed by atoms with Crippen LogP contribution in [0.2, 0.25) is 0 Å². The van der Waals surface area contributed by atoms with Crippen molar-refractivity contribution in [2.45, 2.75) is 50.9 Å². The molecule has 1 atom stereocenters. The molecule has 0 bridgehead atoms. The Kier molecular flexibility index (Phi) is 5.80. The summed E-state index contributed by atoms with van der Waals surface area (Å²) in [5.74, 6) is -0.745. The SMILES string of the molecule is CCOC(=O)C(Cc1ccc(OC2(O)CCCC2)cc1)OC. The minimum Gasteiger partial charge on any atom is -0.464 e. The second kappa shape index (κ2) is 7.61. The monoisotopic (exact) mass is 308 g/mol. The lowest BCUT2D eigenvalue weighted by Gasteiger charge is -2.24. The molecule has 0 amide bonds.